The Kier molecular flexibility index (Phi) is 5.21. The summed E-state index contributed by atoms with van der Waals surface area (Å²) >= 11 is 1.57. The number of nitro groups is 1. The van der Waals surface area contributed by atoms with Crippen molar-refractivity contribution in [2.45, 2.75) is 43.5 Å². The number of sulfonamides is 1. The fourth-order valence-electron chi connectivity index (χ4n) is 3.25. The molecule has 8 heteroatoms. The van der Waals surface area contributed by atoms with Gasteiger partial charge in [0, 0.05) is 23.6 Å². The first-order chi connectivity index (χ1) is 11.9. The third-order valence-corrected chi connectivity index (χ3v) is 7.57. The third-order valence-electron chi connectivity index (χ3n) is 4.54. The fraction of sp³-hybridized carbons (Fsp3) is 0.412. The van der Waals surface area contributed by atoms with Crippen molar-refractivity contribution in [3.8, 4) is 0 Å². The highest BCUT2D eigenvalue weighted by molar-refractivity contribution is 7.89. The molecule has 1 fully saturated rings. The van der Waals surface area contributed by atoms with E-state index in [1.165, 1.54) is 22.5 Å². The minimum atomic E-state index is -3.80. The number of non-ortho nitro benzene ring substituents is 1. The van der Waals surface area contributed by atoms with E-state index in [-0.39, 0.29) is 16.6 Å². The molecule has 0 aliphatic carbocycles. The number of rotatable bonds is 4. The number of benzene rings is 1. The highest BCUT2D eigenvalue weighted by atomic mass is 32.2. The zero-order valence-corrected chi connectivity index (χ0v) is 15.6. The Bertz CT molecular complexity index is 876. The van der Waals surface area contributed by atoms with E-state index >= 15 is 0 Å². The van der Waals surface area contributed by atoms with Crippen molar-refractivity contribution in [1.82, 2.24) is 4.31 Å². The second-order valence-electron chi connectivity index (χ2n) is 6.20. The van der Waals surface area contributed by atoms with E-state index in [1.54, 1.807) is 11.3 Å². The summed E-state index contributed by atoms with van der Waals surface area (Å²) in [5.74, 6) is 0. The summed E-state index contributed by atoms with van der Waals surface area (Å²) in [5.41, 5.74) is 0.885. The van der Waals surface area contributed by atoms with Crippen LogP contribution in [0, 0.1) is 17.0 Å². The van der Waals surface area contributed by atoms with Gasteiger partial charge in [-0.3, -0.25) is 10.1 Å². The quantitative estimate of drug-likeness (QED) is 0.586. The molecule has 0 N–H and O–H groups in total. The van der Waals surface area contributed by atoms with Crippen LogP contribution in [0.2, 0.25) is 0 Å². The molecule has 25 heavy (non-hydrogen) atoms. The number of nitro benzene ring substituents is 1. The molecule has 6 nitrogen and oxygen atoms in total. The van der Waals surface area contributed by atoms with Gasteiger partial charge in [-0.1, -0.05) is 18.9 Å². The molecule has 3 rings (SSSR count). The Balaban J connectivity index is 2.05. The van der Waals surface area contributed by atoms with Crippen LogP contribution in [0.25, 0.3) is 0 Å². The van der Waals surface area contributed by atoms with Crippen molar-refractivity contribution >= 4 is 27.0 Å². The topological polar surface area (TPSA) is 80.5 Å². The second kappa shape index (κ2) is 7.23. The van der Waals surface area contributed by atoms with E-state index < -0.39 is 14.9 Å². The summed E-state index contributed by atoms with van der Waals surface area (Å²) in [6.07, 6.45) is 3.54. The standard InChI is InChI=1S/C17H20N2O4S2/c1-13-9-11-24-17(13)16-8-3-2-4-10-18(16)25(22,23)15-7-5-6-14(12-15)19(20)21/h5-7,9,11-12,16H,2-4,8,10H2,1H3/t16-/m0/s1. The Hall–Kier alpha value is -1.77. The molecule has 0 spiro atoms. The lowest BCUT2D eigenvalue weighted by Gasteiger charge is -2.29. The molecule has 0 bridgehead atoms. The molecule has 1 aliphatic rings. The van der Waals surface area contributed by atoms with Crippen molar-refractivity contribution in [2.24, 2.45) is 0 Å². The second-order valence-corrected chi connectivity index (χ2v) is 9.04. The predicted molar refractivity (Wildman–Crippen MR) is 97.3 cm³/mol. The summed E-state index contributed by atoms with van der Waals surface area (Å²) in [4.78, 5) is 11.5. The molecule has 2 aromatic rings. The van der Waals surface area contributed by atoms with Gasteiger partial charge in [0.1, 0.15) is 0 Å². The van der Waals surface area contributed by atoms with Gasteiger partial charge in [-0.05, 0) is 42.8 Å². The lowest BCUT2D eigenvalue weighted by molar-refractivity contribution is -0.385. The molecule has 0 radical (unpaired) electrons. The molecule has 1 aliphatic heterocycles. The van der Waals surface area contributed by atoms with Crippen LogP contribution >= 0.6 is 11.3 Å². The van der Waals surface area contributed by atoms with Crippen LogP contribution in [0.3, 0.4) is 0 Å². The van der Waals surface area contributed by atoms with Crippen LogP contribution in [0.1, 0.15) is 42.2 Å². The maximum atomic E-state index is 13.2. The van der Waals surface area contributed by atoms with Gasteiger partial charge in [0.15, 0.2) is 0 Å². The van der Waals surface area contributed by atoms with Crippen molar-refractivity contribution in [3.05, 3.63) is 56.3 Å². The Morgan fingerprint density at radius 1 is 1.24 bits per heavy atom. The zero-order valence-electron chi connectivity index (χ0n) is 13.9. The highest BCUT2D eigenvalue weighted by Crippen LogP contribution is 2.38. The number of nitrogens with zero attached hydrogens (tertiary/aromatic N) is 2. The van der Waals surface area contributed by atoms with Gasteiger partial charge in [-0.25, -0.2) is 8.42 Å². The van der Waals surface area contributed by atoms with Gasteiger partial charge in [-0.2, -0.15) is 4.31 Å². The molecule has 0 unspecified atom stereocenters. The molecule has 2 heterocycles. The fourth-order valence-corrected chi connectivity index (χ4v) is 6.10. The minimum Gasteiger partial charge on any atom is -0.258 e. The smallest absolute Gasteiger partial charge is 0.258 e. The van der Waals surface area contributed by atoms with Gasteiger partial charge in [0.2, 0.25) is 10.0 Å². The van der Waals surface area contributed by atoms with Crippen molar-refractivity contribution < 1.29 is 13.3 Å². The molecule has 1 aromatic carbocycles. The minimum absolute atomic E-state index is 0.0113. The average molecular weight is 380 g/mol. The molecule has 0 saturated carbocycles. The van der Waals surface area contributed by atoms with Crippen LogP contribution in [0.5, 0.6) is 0 Å². The molecule has 0 amide bonds. The number of hydrogen-bond donors (Lipinski definition) is 0. The predicted octanol–water partition coefficient (Wildman–Crippen LogP) is 4.27. The van der Waals surface area contributed by atoms with Crippen molar-refractivity contribution in [2.75, 3.05) is 6.54 Å². The molecular weight excluding hydrogens is 360 g/mol. The normalized spacial score (nSPS) is 19.5. The molecular formula is C17H20N2O4S2. The van der Waals surface area contributed by atoms with Crippen molar-refractivity contribution in [1.29, 1.82) is 0 Å². The molecule has 1 saturated heterocycles. The number of thiophene rings is 1. The van der Waals surface area contributed by atoms with Gasteiger partial charge < -0.3 is 0 Å². The first-order valence-corrected chi connectivity index (χ1v) is 10.5. The monoisotopic (exact) mass is 380 g/mol. The molecule has 1 aromatic heterocycles. The first kappa shape index (κ1) is 18.0. The third kappa shape index (κ3) is 3.61. The maximum absolute atomic E-state index is 13.2. The number of aryl methyl sites for hydroxylation is 1. The lowest BCUT2D eigenvalue weighted by atomic mass is 10.1. The SMILES string of the molecule is Cc1ccsc1[C@@H]1CCCCCN1S(=O)(=O)c1cccc([N+](=O)[O-])c1. The summed E-state index contributed by atoms with van der Waals surface area (Å²) in [6, 6.07) is 7.12. The molecule has 1 atom stereocenters. The maximum Gasteiger partial charge on any atom is 0.270 e. The highest BCUT2D eigenvalue weighted by Gasteiger charge is 2.35. The summed E-state index contributed by atoms with van der Waals surface area (Å²) in [6.45, 7) is 2.43. The van der Waals surface area contributed by atoms with Crippen LogP contribution in [0.15, 0.2) is 40.6 Å². The van der Waals surface area contributed by atoms with E-state index in [0.29, 0.717) is 6.54 Å². The zero-order chi connectivity index (χ0) is 18.0. The largest absolute Gasteiger partial charge is 0.270 e. The summed E-state index contributed by atoms with van der Waals surface area (Å²) in [5, 5.41) is 13.0. The van der Waals surface area contributed by atoms with Crippen LogP contribution in [-0.2, 0) is 10.0 Å². The van der Waals surface area contributed by atoms with E-state index in [1.807, 2.05) is 18.4 Å². The van der Waals surface area contributed by atoms with Crippen molar-refractivity contribution in [3.63, 3.8) is 0 Å². The van der Waals surface area contributed by atoms with E-state index in [9.17, 15) is 18.5 Å². The van der Waals surface area contributed by atoms with Gasteiger partial charge in [0.05, 0.1) is 15.9 Å². The van der Waals surface area contributed by atoms with Gasteiger partial charge in [0.25, 0.3) is 5.69 Å². The van der Waals surface area contributed by atoms with E-state index in [4.69, 9.17) is 0 Å². The van der Waals surface area contributed by atoms with Crippen LogP contribution in [-0.4, -0.2) is 24.2 Å². The lowest BCUT2D eigenvalue weighted by Crippen LogP contribution is -2.34. The van der Waals surface area contributed by atoms with Gasteiger partial charge in [-0.15, -0.1) is 11.3 Å². The Morgan fingerprint density at radius 3 is 2.72 bits per heavy atom. The Labute approximate surface area is 151 Å². The van der Waals surface area contributed by atoms with E-state index in [2.05, 4.69) is 0 Å². The van der Waals surface area contributed by atoms with E-state index in [0.717, 1.165) is 42.2 Å². The first-order valence-electron chi connectivity index (χ1n) is 8.21. The van der Waals surface area contributed by atoms with Crippen LogP contribution < -0.4 is 0 Å². The molecule has 134 valence electrons. The summed E-state index contributed by atoms with van der Waals surface area (Å²) in [7, 11) is -3.80. The van der Waals surface area contributed by atoms with Gasteiger partial charge >= 0.3 is 0 Å². The Morgan fingerprint density at radius 2 is 2.04 bits per heavy atom. The average Bonchev–Trinajstić information content (AvgIpc) is 2.86. The number of hydrogen-bond acceptors (Lipinski definition) is 5. The summed E-state index contributed by atoms with van der Waals surface area (Å²) < 4.78 is 28.0. The van der Waals surface area contributed by atoms with Crippen LogP contribution in [0.4, 0.5) is 5.69 Å².